The molecule has 1 N–H and O–H groups in total. The van der Waals surface area contributed by atoms with Crippen LogP contribution in [-0.4, -0.2) is 41.5 Å². The summed E-state index contributed by atoms with van der Waals surface area (Å²) in [7, 11) is 7.71. The Morgan fingerprint density at radius 3 is 1.86 bits per heavy atom. The summed E-state index contributed by atoms with van der Waals surface area (Å²) in [5.41, 5.74) is 1.33. The van der Waals surface area contributed by atoms with Gasteiger partial charge >= 0.3 is 0 Å². The van der Waals surface area contributed by atoms with Gasteiger partial charge in [0, 0.05) is 5.56 Å². The van der Waals surface area contributed by atoms with E-state index in [4.69, 9.17) is 23.7 Å². The first-order valence-corrected chi connectivity index (χ1v) is 8.85. The maximum Gasteiger partial charge on any atom is 0.252 e. The van der Waals surface area contributed by atoms with Crippen molar-refractivity contribution in [3.8, 4) is 28.7 Å². The third-order valence-corrected chi connectivity index (χ3v) is 4.45. The lowest BCUT2D eigenvalue weighted by Crippen LogP contribution is -2.28. The molecular formula is C21H27NO6. The zero-order valence-electron chi connectivity index (χ0n) is 17.1. The van der Waals surface area contributed by atoms with Gasteiger partial charge in [-0.2, -0.15) is 0 Å². The number of rotatable bonds is 9. The topological polar surface area (TPSA) is 75.3 Å². The highest BCUT2D eigenvalue weighted by molar-refractivity contribution is 5.96. The van der Waals surface area contributed by atoms with Gasteiger partial charge in [0.25, 0.3) is 5.91 Å². The van der Waals surface area contributed by atoms with Crippen molar-refractivity contribution >= 4 is 5.91 Å². The highest BCUT2D eigenvalue weighted by Crippen LogP contribution is 2.38. The molecule has 0 aliphatic heterocycles. The molecule has 0 aromatic heterocycles. The number of carbonyl (C=O) groups excluding carboxylic acids is 1. The zero-order valence-corrected chi connectivity index (χ0v) is 17.1. The standard InChI is InChI=1S/C21H27NO6/c1-7-15(13-8-9-16(24-2)17(10-13)25-3)22-21(23)14-11-18(26-4)20(28-6)19(12-14)27-5/h8-12,15H,7H2,1-6H3,(H,22,23). The van der Waals surface area contributed by atoms with Gasteiger partial charge in [-0.1, -0.05) is 13.0 Å². The third-order valence-electron chi connectivity index (χ3n) is 4.45. The Bertz CT molecular complexity index is 796. The predicted molar refractivity (Wildman–Crippen MR) is 106 cm³/mol. The van der Waals surface area contributed by atoms with Gasteiger partial charge in [-0.3, -0.25) is 4.79 Å². The maximum absolute atomic E-state index is 12.9. The molecule has 1 unspecified atom stereocenters. The lowest BCUT2D eigenvalue weighted by Gasteiger charge is -2.20. The van der Waals surface area contributed by atoms with Gasteiger partial charge in [0.1, 0.15) is 0 Å². The molecule has 0 aliphatic carbocycles. The Kier molecular flexibility index (Phi) is 7.37. The van der Waals surface area contributed by atoms with E-state index >= 15 is 0 Å². The molecule has 0 radical (unpaired) electrons. The Morgan fingerprint density at radius 1 is 0.821 bits per heavy atom. The van der Waals surface area contributed by atoms with E-state index in [9.17, 15) is 4.79 Å². The molecular weight excluding hydrogens is 362 g/mol. The van der Waals surface area contributed by atoms with Crippen molar-refractivity contribution in [1.29, 1.82) is 0 Å². The monoisotopic (exact) mass is 389 g/mol. The van der Waals surface area contributed by atoms with Crippen LogP contribution in [0, 0.1) is 0 Å². The van der Waals surface area contributed by atoms with E-state index in [2.05, 4.69) is 5.32 Å². The van der Waals surface area contributed by atoms with Gasteiger partial charge in [0.2, 0.25) is 5.75 Å². The van der Waals surface area contributed by atoms with Crippen LogP contribution in [0.5, 0.6) is 28.7 Å². The van der Waals surface area contributed by atoms with Gasteiger partial charge in [0.05, 0.1) is 41.6 Å². The van der Waals surface area contributed by atoms with Crippen molar-refractivity contribution in [3.63, 3.8) is 0 Å². The fourth-order valence-electron chi connectivity index (χ4n) is 2.94. The number of hydrogen-bond donors (Lipinski definition) is 1. The van der Waals surface area contributed by atoms with Crippen LogP contribution in [0.15, 0.2) is 30.3 Å². The fourth-order valence-corrected chi connectivity index (χ4v) is 2.94. The first kappa shape index (κ1) is 21.2. The SMILES string of the molecule is CCC(NC(=O)c1cc(OC)c(OC)c(OC)c1)c1ccc(OC)c(OC)c1. The predicted octanol–water partition coefficient (Wildman–Crippen LogP) is 3.61. The molecule has 2 aromatic carbocycles. The van der Waals surface area contributed by atoms with Gasteiger partial charge in [-0.15, -0.1) is 0 Å². The largest absolute Gasteiger partial charge is 0.493 e. The lowest BCUT2D eigenvalue weighted by atomic mass is 10.0. The molecule has 7 heteroatoms. The van der Waals surface area contributed by atoms with Gasteiger partial charge in [-0.05, 0) is 36.2 Å². The number of benzene rings is 2. The summed E-state index contributed by atoms with van der Waals surface area (Å²) in [6.07, 6.45) is 0.700. The second kappa shape index (κ2) is 9.73. The lowest BCUT2D eigenvalue weighted by molar-refractivity contribution is 0.0934. The van der Waals surface area contributed by atoms with Crippen LogP contribution in [-0.2, 0) is 0 Å². The van der Waals surface area contributed by atoms with Crippen molar-refractivity contribution < 1.29 is 28.5 Å². The Hall–Kier alpha value is -3.09. The molecule has 1 amide bonds. The first-order chi connectivity index (χ1) is 13.5. The van der Waals surface area contributed by atoms with Crippen LogP contribution in [0.2, 0.25) is 0 Å². The number of carbonyl (C=O) groups is 1. The van der Waals surface area contributed by atoms with Crippen molar-refractivity contribution in [2.24, 2.45) is 0 Å². The molecule has 152 valence electrons. The van der Waals surface area contributed by atoms with Crippen LogP contribution >= 0.6 is 0 Å². The van der Waals surface area contributed by atoms with Gasteiger partial charge in [-0.25, -0.2) is 0 Å². The molecule has 0 fully saturated rings. The molecule has 28 heavy (non-hydrogen) atoms. The van der Waals surface area contributed by atoms with Crippen molar-refractivity contribution in [2.75, 3.05) is 35.5 Å². The van der Waals surface area contributed by atoms with E-state index in [1.54, 1.807) is 26.4 Å². The molecule has 2 rings (SSSR count). The van der Waals surface area contributed by atoms with E-state index in [0.29, 0.717) is 40.7 Å². The number of amides is 1. The summed E-state index contributed by atoms with van der Waals surface area (Å²) >= 11 is 0. The molecule has 7 nitrogen and oxygen atoms in total. The molecule has 1 atom stereocenters. The van der Waals surface area contributed by atoms with E-state index in [-0.39, 0.29) is 11.9 Å². The normalized spacial score (nSPS) is 11.4. The molecule has 0 saturated heterocycles. The molecule has 2 aromatic rings. The van der Waals surface area contributed by atoms with Gasteiger partial charge < -0.3 is 29.0 Å². The molecule has 0 bridgehead atoms. The van der Waals surface area contributed by atoms with Gasteiger partial charge in [0.15, 0.2) is 23.0 Å². The minimum atomic E-state index is -0.249. The average Bonchev–Trinajstić information content (AvgIpc) is 2.75. The van der Waals surface area contributed by atoms with Crippen molar-refractivity contribution in [1.82, 2.24) is 5.32 Å². The van der Waals surface area contributed by atoms with Crippen LogP contribution in [0.3, 0.4) is 0 Å². The van der Waals surface area contributed by atoms with Crippen molar-refractivity contribution in [2.45, 2.75) is 19.4 Å². The van der Waals surface area contributed by atoms with E-state index in [1.165, 1.54) is 21.3 Å². The summed E-state index contributed by atoms with van der Waals surface area (Å²) in [6, 6.07) is 8.64. The number of ether oxygens (including phenoxy) is 5. The number of hydrogen-bond acceptors (Lipinski definition) is 6. The molecule has 0 spiro atoms. The van der Waals surface area contributed by atoms with E-state index < -0.39 is 0 Å². The Balaban J connectivity index is 2.32. The van der Waals surface area contributed by atoms with Crippen LogP contribution < -0.4 is 29.0 Å². The minimum Gasteiger partial charge on any atom is -0.493 e. The highest BCUT2D eigenvalue weighted by atomic mass is 16.5. The summed E-state index contributed by atoms with van der Waals surface area (Å²) in [5.74, 6) is 2.28. The Labute approximate surface area is 165 Å². The van der Waals surface area contributed by atoms with Crippen LogP contribution in [0.25, 0.3) is 0 Å². The highest BCUT2D eigenvalue weighted by Gasteiger charge is 2.20. The Morgan fingerprint density at radius 2 is 1.39 bits per heavy atom. The first-order valence-electron chi connectivity index (χ1n) is 8.85. The van der Waals surface area contributed by atoms with Crippen LogP contribution in [0.1, 0.15) is 35.3 Å². The van der Waals surface area contributed by atoms with Crippen LogP contribution in [0.4, 0.5) is 0 Å². The fraction of sp³-hybridized carbons (Fsp3) is 0.381. The molecule has 0 aliphatic rings. The van der Waals surface area contributed by atoms with Crippen molar-refractivity contribution in [3.05, 3.63) is 41.5 Å². The maximum atomic E-state index is 12.9. The smallest absolute Gasteiger partial charge is 0.252 e. The van der Waals surface area contributed by atoms with E-state index in [0.717, 1.165) is 5.56 Å². The number of nitrogens with one attached hydrogen (secondary N) is 1. The summed E-state index contributed by atoms with van der Waals surface area (Å²) in [4.78, 5) is 12.9. The second-order valence-electron chi connectivity index (χ2n) is 5.96. The third kappa shape index (κ3) is 4.42. The second-order valence-corrected chi connectivity index (χ2v) is 5.96. The minimum absolute atomic E-state index is 0.202. The quantitative estimate of drug-likeness (QED) is 0.706. The average molecular weight is 389 g/mol. The summed E-state index contributed by atoms with van der Waals surface area (Å²) in [6.45, 7) is 2.00. The summed E-state index contributed by atoms with van der Waals surface area (Å²) < 4.78 is 26.6. The molecule has 0 heterocycles. The summed E-state index contributed by atoms with van der Waals surface area (Å²) in [5, 5.41) is 3.04. The zero-order chi connectivity index (χ0) is 20.7. The number of methoxy groups -OCH3 is 5. The van der Waals surface area contributed by atoms with E-state index in [1.807, 2.05) is 25.1 Å². The molecule has 0 saturated carbocycles.